The van der Waals surface area contributed by atoms with Crippen LogP contribution in [0.15, 0.2) is 0 Å². The number of imide groups is 1. The van der Waals surface area contributed by atoms with Crippen molar-refractivity contribution in [2.24, 2.45) is 5.92 Å². The van der Waals surface area contributed by atoms with Gasteiger partial charge in [0.2, 0.25) is 11.8 Å². The first-order chi connectivity index (χ1) is 9.87. The van der Waals surface area contributed by atoms with Crippen molar-refractivity contribution in [3.8, 4) is 0 Å². The second-order valence-corrected chi connectivity index (χ2v) is 5.74. The number of nitrogens with one attached hydrogen (secondary N) is 1. The van der Waals surface area contributed by atoms with E-state index in [1.54, 1.807) is 0 Å². The van der Waals surface area contributed by atoms with E-state index in [2.05, 4.69) is 5.32 Å². The van der Waals surface area contributed by atoms with Crippen molar-refractivity contribution in [2.45, 2.75) is 65.1 Å². The molecule has 2 atom stereocenters. The highest BCUT2D eigenvalue weighted by Gasteiger charge is 2.43. The first kappa shape index (κ1) is 17.6. The summed E-state index contributed by atoms with van der Waals surface area (Å²) in [5.41, 5.74) is 0. The number of ether oxygens (including phenoxy) is 1. The highest BCUT2D eigenvalue weighted by molar-refractivity contribution is 6.06. The van der Waals surface area contributed by atoms with Gasteiger partial charge in [0, 0.05) is 6.04 Å². The van der Waals surface area contributed by atoms with Crippen LogP contribution in [0, 0.1) is 5.92 Å². The van der Waals surface area contributed by atoms with Gasteiger partial charge in [-0.05, 0) is 18.8 Å². The molecule has 2 unspecified atom stereocenters. The van der Waals surface area contributed by atoms with Gasteiger partial charge < -0.3 is 4.74 Å². The van der Waals surface area contributed by atoms with E-state index < -0.39 is 18.1 Å². The first-order valence-corrected chi connectivity index (χ1v) is 7.57. The average Bonchev–Trinajstić information content (AvgIpc) is 2.72. The molecule has 1 saturated heterocycles. The largest absolute Gasteiger partial charge is 0.468 e. The Bertz CT molecular complexity index is 404. The number of carbonyl (C=O) groups excluding carboxylic acids is 3. The normalized spacial score (nSPS) is 20.5. The van der Waals surface area contributed by atoms with Crippen LogP contribution in [0.3, 0.4) is 0 Å². The molecule has 21 heavy (non-hydrogen) atoms. The summed E-state index contributed by atoms with van der Waals surface area (Å²) in [6, 6.07) is -1.28. The number of nitrogens with zero attached hydrogens (tertiary/aromatic N) is 1. The third-order valence-electron chi connectivity index (χ3n) is 3.99. The van der Waals surface area contributed by atoms with E-state index in [-0.39, 0.29) is 30.2 Å². The molecule has 1 N–H and O–H groups in total. The number of esters is 1. The maximum absolute atomic E-state index is 12.4. The molecule has 1 aliphatic heterocycles. The van der Waals surface area contributed by atoms with Gasteiger partial charge in [0.25, 0.3) is 0 Å². The number of rotatable bonds is 7. The summed E-state index contributed by atoms with van der Waals surface area (Å²) in [6.45, 7) is 7.66. The SMILES string of the molecule is CCC(CC)N1C(=O)CC(NC(C(=O)OC)C(C)C)C1=O. The van der Waals surface area contributed by atoms with E-state index in [1.165, 1.54) is 12.0 Å². The van der Waals surface area contributed by atoms with Gasteiger partial charge in [0.1, 0.15) is 6.04 Å². The zero-order valence-electron chi connectivity index (χ0n) is 13.5. The molecule has 2 amide bonds. The number of hydrogen-bond acceptors (Lipinski definition) is 5. The zero-order chi connectivity index (χ0) is 16.2. The molecule has 120 valence electrons. The Morgan fingerprint density at radius 3 is 2.33 bits per heavy atom. The smallest absolute Gasteiger partial charge is 0.323 e. The first-order valence-electron chi connectivity index (χ1n) is 7.57. The summed E-state index contributed by atoms with van der Waals surface area (Å²) in [5, 5.41) is 2.99. The molecule has 6 nitrogen and oxygen atoms in total. The summed E-state index contributed by atoms with van der Waals surface area (Å²) in [6.07, 6.45) is 1.59. The van der Waals surface area contributed by atoms with Crippen molar-refractivity contribution >= 4 is 17.8 Å². The van der Waals surface area contributed by atoms with Crippen LogP contribution in [0.4, 0.5) is 0 Å². The molecule has 0 radical (unpaired) electrons. The highest BCUT2D eigenvalue weighted by Crippen LogP contribution is 2.21. The highest BCUT2D eigenvalue weighted by atomic mass is 16.5. The fourth-order valence-electron chi connectivity index (χ4n) is 2.70. The van der Waals surface area contributed by atoms with Crippen LogP contribution in [0.2, 0.25) is 0 Å². The van der Waals surface area contributed by atoms with Crippen LogP contribution in [0.1, 0.15) is 47.0 Å². The van der Waals surface area contributed by atoms with E-state index in [0.717, 1.165) is 12.8 Å². The van der Waals surface area contributed by atoms with Gasteiger partial charge in [-0.1, -0.05) is 27.7 Å². The van der Waals surface area contributed by atoms with Crippen molar-refractivity contribution in [3.05, 3.63) is 0 Å². The summed E-state index contributed by atoms with van der Waals surface area (Å²) in [7, 11) is 1.32. The lowest BCUT2D eigenvalue weighted by Gasteiger charge is -2.26. The minimum Gasteiger partial charge on any atom is -0.468 e. The van der Waals surface area contributed by atoms with Crippen molar-refractivity contribution in [1.29, 1.82) is 0 Å². The lowest BCUT2D eigenvalue weighted by molar-refractivity contribution is -0.145. The molecule has 0 bridgehead atoms. The number of amides is 2. The third-order valence-corrected chi connectivity index (χ3v) is 3.99. The number of carbonyl (C=O) groups is 3. The molecule has 0 aromatic rings. The van der Waals surface area contributed by atoms with Gasteiger partial charge >= 0.3 is 5.97 Å². The van der Waals surface area contributed by atoms with Gasteiger partial charge in [-0.2, -0.15) is 0 Å². The molecule has 0 aromatic carbocycles. The summed E-state index contributed by atoms with van der Waals surface area (Å²) in [5.74, 6) is -0.837. The molecule has 0 saturated carbocycles. The maximum Gasteiger partial charge on any atom is 0.323 e. The van der Waals surface area contributed by atoms with Crippen molar-refractivity contribution in [1.82, 2.24) is 10.2 Å². The third kappa shape index (κ3) is 3.81. The standard InChI is InChI=1S/C15H26N2O4/c1-6-10(7-2)17-12(18)8-11(14(17)19)16-13(9(3)4)15(20)21-5/h9-11,13,16H,6-8H2,1-5H3. The minimum absolute atomic E-state index is 0.0254. The monoisotopic (exact) mass is 298 g/mol. The number of likely N-dealkylation sites (tertiary alicyclic amines) is 1. The summed E-state index contributed by atoms with van der Waals surface area (Å²) < 4.78 is 4.75. The summed E-state index contributed by atoms with van der Waals surface area (Å²) >= 11 is 0. The Labute approximate surface area is 126 Å². The molecular weight excluding hydrogens is 272 g/mol. The molecule has 6 heteroatoms. The average molecular weight is 298 g/mol. The lowest BCUT2D eigenvalue weighted by atomic mass is 10.0. The predicted octanol–water partition coefficient (Wildman–Crippen LogP) is 1.09. The Morgan fingerprint density at radius 1 is 1.33 bits per heavy atom. The van der Waals surface area contributed by atoms with Gasteiger partial charge in [-0.3, -0.25) is 24.6 Å². The van der Waals surface area contributed by atoms with Gasteiger partial charge in [-0.15, -0.1) is 0 Å². The molecule has 0 aromatic heterocycles. The molecule has 1 fully saturated rings. The van der Waals surface area contributed by atoms with Crippen molar-refractivity contribution in [3.63, 3.8) is 0 Å². The van der Waals surface area contributed by atoms with E-state index in [4.69, 9.17) is 4.74 Å². The molecule has 0 aliphatic carbocycles. The molecular formula is C15H26N2O4. The van der Waals surface area contributed by atoms with Crippen LogP contribution in [-0.2, 0) is 19.1 Å². The predicted molar refractivity (Wildman–Crippen MR) is 78.4 cm³/mol. The van der Waals surface area contributed by atoms with E-state index >= 15 is 0 Å². The Balaban J connectivity index is 2.84. The van der Waals surface area contributed by atoms with E-state index in [9.17, 15) is 14.4 Å². The fourth-order valence-corrected chi connectivity index (χ4v) is 2.70. The molecule has 1 heterocycles. The molecule has 0 spiro atoms. The minimum atomic E-state index is -0.635. The number of methoxy groups -OCH3 is 1. The van der Waals surface area contributed by atoms with Crippen LogP contribution < -0.4 is 5.32 Å². The van der Waals surface area contributed by atoms with Crippen LogP contribution >= 0.6 is 0 Å². The quantitative estimate of drug-likeness (QED) is 0.562. The van der Waals surface area contributed by atoms with Gasteiger partial charge in [-0.25, -0.2) is 0 Å². The molecule has 1 rings (SSSR count). The van der Waals surface area contributed by atoms with E-state index in [0.29, 0.717) is 0 Å². The Hall–Kier alpha value is -1.43. The second-order valence-electron chi connectivity index (χ2n) is 5.74. The summed E-state index contributed by atoms with van der Waals surface area (Å²) in [4.78, 5) is 37.6. The van der Waals surface area contributed by atoms with Crippen molar-refractivity contribution < 1.29 is 19.1 Å². The molecule has 1 aliphatic rings. The zero-order valence-corrected chi connectivity index (χ0v) is 13.5. The van der Waals surface area contributed by atoms with E-state index in [1.807, 2.05) is 27.7 Å². The fraction of sp³-hybridized carbons (Fsp3) is 0.800. The van der Waals surface area contributed by atoms with Crippen LogP contribution in [0.25, 0.3) is 0 Å². The lowest BCUT2D eigenvalue weighted by Crippen LogP contribution is -2.51. The van der Waals surface area contributed by atoms with Crippen LogP contribution in [-0.4, -0.2) is 47.9 Å². The second kappa shape index (κ2) is 7.54. The van der Waals surface area contributed by atoms with Gasteiger partial charge in [0.15, 0.2) is 0 Å². The number of hydrogen-bond donors (Lipinski definition) is 1. The maximum atomic E-state index is 12.4. The topological polar surface area (TPSA) is 75.7 Å². The Morgan fingerprint density at radius 2 is 1.90 bits per heavy atom. The Kier molecular flexibility index (Phi) is 6.33. The van der Waals surface area contributed by atoms with Gasteiger partial charge in [0.05, 0.1) is 19.6 Å². The van der Waals surface area contributed by atoms with Crippen molar-refractivity contribution in [2.75, 3.05) is 7.11 Å². The van der Waals surface area contributed by atoms with Crippen LogP contribution in [0.5, 0.6) is 0 Å².